The molecule has 0 spiro atoms. The van der Waals surface area contributed by atoms with Crippen molar-refractivity contribution in [3.8, 4) is 62.1 Å². The zero-order chi connectivity index (χ0) is 37.0. The number of hydrogen-bond acceptors (Lipinski definition) is 5. The number of rotatable bonds is 6. The van der Waals surface area contributed by atoms with Gasteiger partial charge in [-0.25, -0.2) is 15.0 Å². The quantitative estimate of drug-likeness (QED) is 0.171. The van der Waals surface area contributed by atoms with Gasteiger partial charge in [-0.05, 0) is 41.5 Å². The van der Waals surface area contributed by atoms with Crippen LogP contribution in [0.1, 0.15) is 0 Å². The molecule has 0 aliphatic heterocycles. The van der Waals surface area contributed by atoms with Crippen LogP contribution in [-0.2, 0) is 0 Å². The molecule has 5 nitrogen and oxygen atoms in total. The van der Waals surface area contributed by atoms with Crippen molar-refractivity contribution < 1.29 is 0 Å². The second-order valence-electron chi connectivity index (χ2n) is 13.9. The molecule has 4 heterocycles. The summed E-state index contributed by atoms with van der Waals surface area (Å²) in [6.07, 6.45) is 3.73. The van der Waals surface area contributed by atoms with Crippen molar-refractivity contribution in [2.24, 2.45) is 0 Å². The highest BCUT2D eigenvalue weighted by atomic mass is 32.1. The lowest BCUT2D eigenvalue weighted by Crippen LogP contribution is -2.02. The molecule has 0 amide bonds. The minimum Gasteiger partial charge on any atom is -0.309 e. The van der Waals surface area contributed by atoms with Crippen molar-refractivity contribution in [1.82, 2.24) is 24.5 Å². The van der Waals surface area contributed by atoms with Crippen LogP contribution < -0.4 is 0 Å². The van der Waals surface area contributed by atoms with Crippen molar-refractivity contribution in [2.75, 3.05) is 0 Å². The molecule has 6 heteroatoms. The van der Waals surface area contributed by atoms with Gasteiger partial charge in [0.05, 0.1) is 16.7 Å². The zero-order valence-corrected chi connectivity index (χ0v) is 30.9. The molecule has 11 rings (SSSR count). The molecule has 0 radical (unpaired) electrons. The van der Waals surface area contributed by atoms with Gasteiger partial charge in [-0.2, -0.15) is 0 Å². The summed E-state index contributed by atoms with van der Waals surface area (Å²) in [6.45, 7) is 0. The summed E-state index contributed by atoms with van der Waals surface area (Å²) in [6, 6.07) is 61.8. The summed E-state index contributed by atoms with van der Waals surface area (Å²) in [5.41, 5.74) is 10.5. The average molecular weight is 734 g/mol. The maximum absolute atomic E-state index is 5.19. The molecular weight excluding hydrogens is 703 g/mol. The molecule has 0 fully saturated rings. The molecule has 0 saturated heterocycles. The predicted octanol–water partition coefficient (Wildman–Crippen LogP) is 13.1. The van der Waals surface area contributed by atoms with E-state index in [1.54, 1.807) is 0 Å². The first-order chi connectivity index (χ1) is 27.8. The third-order valence-corrected chi connectivity index (χ3v) is 11.8. The molecule has 11 aromatic rings. The van der Waals surface area contributed by atoms with Crippen LogP contribution >= 0.6 is 11.3 Å². The lowest BCUT2D eigenvalue weighted by Gasteiger charge is -2.16. The van der Waals surface area contributed by atoms with Gasteiger partial charge in [-0.3, -0.25) is 4.98 Å². The van der Waals surface area contributed by atoms with Crippen LogP contribution in [0.5, 0.6) is 0 Å². The van der Waals surface area contributed by atoms with E-state index in [9.17, 15) is 0 Å². The molecule has 56 heavy (non-hydrogen) atoms. The lowest BCUT2D eigenvalue weighted by molar-refractivity contribution is 1.07. The number of benzene rings is 7. The van der Waals surface area contributed by atoms with Crippen LogP contribution in [0.3, 0.4) is 0 Å². The summed E-state index contributed by atoms with van der Waals surface area (Å²) in [5.74, 6) is 1.85. The Labute approximate surface area is 326 Å². The van der Waals surface area contributed by atoms with Gasteiger partial charge in [-0.15, -0.1) is 11.3 Å². The van der Waals surface area contributed by atoms with E-state index in [4.69, 9.17) is 15.0 Å². The summed E-state index contributed by atoms with van der Waals surface area (Å²) >= 11 is 1.85. The fourth-order valence-electron chi connectivity index (χ4n) is 7.93. The summed E-state index contributed by atoms with van der Waals surface area (Å²) < 4.78 is 4.95. The van der Waals surface area contributed by atoms with Crippen molar-refractivity contribution >= 4 is 53.3 Å². The molecule has 0 aliphatic carbocycles. The minimum atomic E-state index is 0.604. The van der Waals surface area contributed by atoms with E-state index in [1.165, 1.54) is 36.5 Å². The number of aromatic nitrogens is 5. The van der Waals surface area contributed by atoms with E-state index < -0.39 is 0 Å². The number of nitrogens with zero attached hydrogens (tertiary/aromatic N) is 5. The second kappa shape index (κ2) is 13.2. The van der Waals surface area contributed by atoms with E-state index in [2.05, 4.69) is 149 Å². The number of fused-ring (bicyclic) bond motifs is 6. The van der Waals surface area contributed by atoms with Crippen molar-refractivity contribution in [3.05, 3.63) is 188 Å². The van der Waals surface area contributed by atoms with Crippen LogP contribution in [0.2, 0.25) is 0 Å². The van der Waals surface area contributed by atoms with E-state index in [1.807, 2.05) is 60.1 Å². The van der Waals surface area contributed by atoms with Crippen molar-refractivity contribution in [2.45, 2.75) is 0 Å². The highest BCUT2D eigenvalue weighted by molar-refractivity contribution is 7.26. The molecule has 0 atom stereocenters. The fraction of sp³-hybridized carbons (Fsp3) is 0. The summed E-state index contributed by atoms with van der Waals surface area (Å²) in [4.78, 5) is 19.9. The highest BCUT2D eigenvalue weighted by Gasteiger charge is 2.19. The largest absolute Gasteiger partial charge is 0.309 e. The monoisotopic (exact) mass is 733 g/mol. The molecule has 0 unspecified atom stereocenters. The first kappa shape index (κ1) is 32.2. The van der Waals surface area contributed by atoms with Crippen LogP contribution in [0.15, 0.2) is 188 Å². The van der Waals surface area contributed by atoms with Crippen LogP contribution in [-0.4, -0.2) is 24.5 Å². The first-order valence-corrected chi connectivity index (χ1v) is 19.4. The van der Waals surface area contributed by atoms with Gasteiger partial charge in [0, 0.05) is 71.2 Å². The molecule has 0 aliphatic rings. The maximum atomic E-state index is 5.19. The molecule has 0 bridgehead atoms. The molecule has 262 valence electrons. The Kier molecular flexibility index (Phi) is 7.60. The van der Waals surface area contributed by atoms with Crippen LogP contribution in [0, 0.1) is 0 Å². The fourth-order valence-corrected chi connectivity index (χ4v) is 9.17. The van der Waals surface area contributed by atoms with E-state index in [0.717, 1.165) is 50.1 Å². The van der Waals surface area contributed by atoms with Gasteiger partial charge in [0.1, 0.15) is 0 Å². The van der Waals surface area contributed by atoms with Crippen LogP contribution in [0.4, 0.5) is 0 Å². The Hall–Kier alpha value is -7.28. The summed E-state index contributed by atoms with van der Waals surface area (Å²) in [5, 5.41) is 4.99. The van der Waals surface area contributed by atoms with Gasteiger partial charge in [-0.1, -0.05) is 146 Å². The van der Waals surface area contributed by atoms with Gasteiger partial charge in [0.15, 0.2) is 17.5 Å². The van der Waals surface area contributed by atoms with Gasteiger partial charge in [0.2, 0.25) is 0 Å². The molecule has 0 saturated carbocycles. The average Bonchev–Trinajstić information content (AvgIpc) is 3.83. The van der Waals surface area contributed by atoms with Gasteiger partial charge >= 0.3 is 0 Å². The summed E-state index contributed by atoms with van der Waals surface area (Å²) in [7, 11) is 0. The number of hydrogen-bond donors (Lipinski definition) is 0. The SMILES string of the molecule is c1ccc(-c2nc(-c3ccc(-c4cccc5c4sc4ccccc45)cc3)nc(-c3ccc(-c4cccnc4)c(-n4c5ccccc5c5ccccc54)c3)n2)cc1. The normalized spacial score (nSPS) is 11.6. The van der Waals surface area contributed by atoms with Gasteiger partial charge in [0.25, 0.3) is 0 Å². The van der Waals surface area contributed by atoms with E-state index in [0.29, 0.717) is 17.5 Å². The minimum absolute atomic E-state index is 0.604. The number of para-hydroxylation sites is 2. The van der Waals surface area contributed by atoms with Crippen molar-refractivity contribution in [3.63, 3.8) is 0 Å². The molecule has 4 aromatic heterocycles. The van der Waals surface area contributed by atoms with E-state index in [-0.39, 0.29) is 0 Å². The lowest BCUT2D eigenvalue weighted by atomic mass is 10.0. The smallest absolute Gasteiger partial charge is 0.164 e. The maximum Gasteiger partial charge on any atom is 0.164 e. The second-order valence-corrected chi connectivity index (χ2v) is 14.9. The molecule has 7 aromatic carbocycles. The Morgan fingerprint density at radius 1 is 0.393 bits per heavy atom. The van der Waals surface area contributed by atoms with Gasteiger partial charge < -0.3 is 4.57 Å². The van der Waals surface area contributed by atoms with Crippen LogP contribution in [0.25, 0.3) is 104 Å². The zero-order valence-electron chi connectivity index (χ0n) is 30.0. The Morgan fingerprint density at radius 2 is 0.964 bits per heavy atom. The van der Waals surface area contributed by atoms with Crippen molar-refractivity contribution in [1.29, 1.82) is 0 Å². The Balaban J connectivity index is 1.08. The molecule has 0 N–H and O–H groups in total. The first-order valence-electron chi connectivity index (χ1n) is 18.6. The topological polar surface area (TPSA) is 56.5 Å². The third kappa shape index (κ3) is 5.38. The Morgan fingerprint density at radius 3 is 1.68 bits per heavy atom. The third-order valence-electron chi connectivity index (χ3n) is 10.6. The Bertz CT molecular complexity index is 3190. The van der Waals surface area contributed by atoms with E-state index >= 15 is 0 Å². The predicted molar refractivity (Wildman–Crippen MR) is 232 cm³/mol. The number of thiophene rings is 1. The number of pyridine rings is 1. The standard InChI is InChI=1S/C50H31N5S/c1-2-12-33(13-3-1)48-52-49(34-25-23-32(24-26-34)38-18-10-19-42-41-17-6-9-22-46(41)56-47(38)42)54-50(53-48)35-27-28-37(36-14-11-29-51-31-36)45(30-35)55-43-20-7-4-15-39(43)40-16-5-8-21-44(40)55/h1-31H. The molecular formula is C50H31N5S. The highest BCUT2D eigenvalue weighted by Crippen LogP contribution is 2.41.